The number of rotatable bonds is 5. The number of aliphatic hydroxyl groups is 1. The Bertz CT molecular complexity index is 350. The van der Waals surface area contributed by atoms with Crippen LogP contribution in [-0.4, -0.2) is 17.3 Å². The highest BCUT2D eigenvalue weighted by atomic mass is 19.1. The fraction of sp³-hybridized carbons (Fsp3) is 0.538. The Kier molecular flexibility index (Phi) is 4.44. The van der Waals surface area contributed by atoms with Gasteiger partial charge in [0, 0.05) is 18.7 Å². The molecule has 0 spiro atoms. The van der Waals surface area contributed by atoms with E-state index in [1.807, 2.05) is 20.8 Å². The van der Waals surface area contributed by atoms with Crippen LogP contribution >= 0.6 is 0 Å². The third-order valence-electron chi connectivity index (χ3n) is 2.81. The minimum atomic E-state index is -0.206. The Morgan fingerprint density at radius 1 is 1.38 bits per heavy atom. The van der Waals surface area contributed by atoms with Crippen molar-refractivity contribution in [3.63, 3.8) is 0 Å². The molecule has 1 aromatic carbocycles. The van der Waals surface area contributed by atoms with E-state index in [1.54, 1.807) is 12.1 Å². The highest BCUT2D eigenvalue weighted by Crippen LogP contribution is 2.13. The lowest BCUT2D eigenvalue weighted by atomic mass is 10.00. The molecule has 0 aliphatic heterocycles. The maximum absolute atomic E-state index is 13.0. The van der Waals surface area contributed by atoms with Crippen LogP contribution in [-0.2, 0) is 6.54 Å². The minimum Gasteiger partial charge on any atom is -0.396 e. The molecule has 0 bridgehead atoms. The summed E-state index contributed by atoms with van der Waals surface area (Å²) in [7, 11) is 0. The molecule has 0 fully saturated rings. The Balaban J connectivity index is 2.63. The van der Waals surface area contributed by atoms with Gasteiger partial charge in [-0.05, 0) is 50.5 Å². The average Bonchev–Trinajstić information content (AvgIpc) is 2.19. The Morgan fingerprint density at radius 2 is 2.06 bits per heavy atom. The molecule has 3 heteroatoms. The highest BCUT2D eigenvalue weighted by Gasteiger charge is 2.16. The fourth-order valence-electron chi connectivity index (χ4n) is 1.53. The number of hydrogen-bond donors (Lipinski definition) is 2. The molecule has 0 saturated carbocycles. The molecule has 0 atom stereocenters. The van der Waals surface area contributed by atoms with E-state index in [1.165, 1.54) is 6.07 Å². The van der Waals surface area contributed by atoms with Crippen molar-refractivity contribution in [1.82, 2.24) is 5.32 Å². The van der Waals surface area contributed by atoms with Gasteiger partial charge in [0.2, 0.25) is 0 Å². The largest absolute Gasteiger partial charge is 0.396 e. The quantitative estimate of drug-likeness (QED) is 0.806. The van der Waals surface area contributed by atoms with Crippen molar-refractivity contribution in [2.45, 2.75) is 39.3 Å². The van der Waals surface area contributed by atoms with Gasteiger partial charge in [0.05, 0.1) is 0 Å². The van der Waals surface area contributed by atoms with E-state index in [-0.39, 0.29) is 18.0 Å². The zero-order chi connectivity index (χ0) is 12.2. The fourth-order valence-corrected chi connectivity index (χ4v) is 1.53. The van der Waals surface area contributed by atoms with E-state index < -0.39 is 0 Å². The van der Waals surface area contributed by atoms with Crippen LogP contribution in [0.25, 0.3) is 0 Å². The first kappa shape index (κ1) is 13.1. The zero-order valence-electron chi connectivity index (χ0n) is 10.2. The second-order valence-corrected chi connectivity index (χ2v) is 4.78. The summed E-state index contributed by atoms with van der Waals surface area (Å²) in [4.78, 5) is 0. The number of hydrogen-bond acceptors (Lipinski definition) is 2. The smallest absolute Gasteiger partial charge is 0.123 e. The van der Waals surface area contributed by atoms with Gasteiger partial charge in [-0.1, -0.05) is 6.07 Å². The zero-order valence-corrected chi connectivity index (χ0v) is 10.2. The lowest BCUT2D eigenvalue weighted by Gasteiger charge is -2.26. The number of benzene rings is 1. The van der Waals surface area contributed by atoms with Crippen molar-refractivity contribution in [2.75, 3.05) is 6.61 Å². The lowest BCUT2D eigenvalue weighted by molar-refractivity contribution is 0.230. The summed E-state index contributed by atoms with van der Waals surface area (Å²) in [5.41, 5.74) is 1.91. The third kappa shape index (κ3) is 3.91. The topological polar surface area (TPSA) is 32.3 Å². The van der Waals surface area contributed by atoms with Crippen molar-refractivity contribution < 1.29 is 9.50 Å². The van der Waals surface area contributed by atoms with Crippen molar-refractivity contribution in [1.29, 1.82) is 0 Å². The summed E-state index contributed by atoms with van der Waals surface area (Å²) < 4.78 is 13.0. The molecule has 16 heavy (non-hydrogen) atoms. The predicted octanol–water partition coefficient (Wildman–Crippen LogP) is 2.38. The van der Waals surface area contributed by atoms with Gasteiger partial charge in [0.15, 0.2) is 0 Å². The third-order valence-corrected chi connectivity index (χ3v) is 2.81. The number of aryl methyl sites for hydroxylation is 1. The number of halogens is 1. The monoisotopic (exact) mass is 225 g/mol. The molecule has 0 radical (unpaired) electrons. The van der Waals surface area contributed by atoms with Crippen LogP contribution in [0.15, 0.2) is 18.2 Å². The van der Waals surface area contributed by atoms with E-state index in [9.17, 15) is 4.39 Å². The molecule has 0 heterocycles. The molecule has 2 nitrogen and oxygen atoms in total. The summed E-state index contributed by atoms with van der Waals surface area (Å²) in [5, 5.41) is 12.2. The van der Waals surface area contributed by atoms with Crippen molar-refractivity contribution >= 4 is 0 Å². The Labute approximate surface area is 96.5 Å². The average molecular weight is 225 g/mol. The highest BCUT2D eigenvalue weighted by molar-refractivity contribution is 5.26. The van der Waals surface area contributed by atoms with Crippen LogP contribution in [0.2, 0.25) is 0 Å². The summed E-state index contributed by atoms with van der Waals surface area (Å²) in [6, 6.07) is 4.81. The number of aliphatic hydroxyl groups excluding tert-OH is 1. The molecule has 0 aromatic heterocycles. The van der Waals surface area contributed by atoms with E-state index in [0.717, 1.165) is 11.1 Å². The van der Waals surface area contributed by atoms with Crippen LogP contribution < -0.4 is 5.32 Å². The van der Waals surface area contributed by atoms with Crippen LogP contribution in [0.1, 0.15) is 31.4 Å². The molecule has 2 N–H and O–H groups in total. The van der Waals surface area contributed by atoms with Gasteiger partial charge < -0.3 is 10.4 Å². The van der Waals surface area contributed by atoms with Gasteiger partial charge in [-0.25, -0.2) is 4.39 Å². The van der Waals surface area contributed by atoms with Gasteiger partial charge in [0.25, 0.3) is 0 Å². The van der Waals surface area contributed by atoms with Gasteiger partial charge >= 0.3 is 0 Å². The molecule has 90 valence electrons. The van der Waals surface area contributed by atoms with Crippen molar-refractivity contribution in [2.24, 2.45) is 0 Å². The first-order chi connectivity index (χ1) is 7.44. The first-order valence-corrected chi connectivity index (χ1v) is 5.55. The maximum atomic E-state index is 13.0. The van der Waals surface area contributed by atoms with Gasteiger partial charge in [0.1, 0.15) is 5.82 Å². The molecule has 1 aromatic rings. The first-order valence-electron chi connectivity index (χ1n) is 5.55. The van der Waals surface area contributed by atoms with E-state index in [0.29, 0.717) is 13.0 Å². The van der Waals surface area contributed by atoms with Crippen molar-refractivity contribution in [3.8, 4) is 0 Å². The predicted molar refractivity (Wildman–Crippen MR) is 63.8 cm³/mol. The normalized spacial score (nSPS) is 11.8. The molecular formula is C13H20FNO. The maximum Gasteiger partial charge on any atom is 0.123 e. The molecule has 0 saturated heterocycles. The van der Waals surface area contributed by atoms with Crippen LogP contribution in [0.4, 0.5) is 4.39 Å². The van der Waals surface area contributed by atoms with Gasteiger partial charge in [-0.2, -0.15) is 0 Å². The Hall–Kier alpha value is -0.930. The van der Waals surface area contributed by atoms with Gasteiger partial charge in [-0.15, -0.1) is 0 Å². The van der Waals surface area contributed by atoms with Crippen LogP contribution in [0, 0.1) is 12.7 Å². The molecule has 0 aliphatic carbocycles. The lowest BCUT2D eigenvalue weighted by Crippen LogP contribution is -2.39. The summed E-state index contributed by atoms with van der Waals surface area (Å²) >= 11 is 0. The van der Waals surface area contributed by atoms with Gasteiger partial charge in [-0.3, -0.25) is 0 Å². The summed E-state index contributed by atoms with van der Waals surface area (Å²) in [5.74, 6) is -0.206. The number of nitrogens with one attached hydrogen (secondary N) is 1. The molecule has 1 rings (SSSR count). The minimum absolute atomic E-state index is 0.131. The molecule has 0 unspecified atom stereocenters. The van der Waals surface area contributed by atoms with Crippen LogP contribution in [0.5, 0.6) is 0 Å². The molecular weight excluding hydrogens is 205 g/mol. The Morgan fingerprint density at radius 3 is 2.69 bits per heavy atom. The standard InChI is InChI=1S/C13H20FNO/c1-10-4-5-12(14)8-11(10)9-15-13(2,3)6-7-16/h4-5,8,15-16H,6-7,9H2,1-3H3. The molecule has 0 amide bonds. The van der Waals surface area contributed by atoms with Crippen molar-refractivity contribution in [3.05, 3.63) is 35.1 Å². The molecule has 0 aliphatic rings. The second kappa shape index (κ2) is 5.41. The SMILES string of the molecule is Cc1ccc(F)cc1CNC(C)(C)CCO. The summed E-state index contributed by atoms with van der Waals surface area (Å²) in [6.45, 7) is 6.80. The van der Waals surface area contributed by atoms with E-state index in [2.05, 4.69) is 5.32 Å². The second-order valence-electron chi connectivity index (χ2n) is 4.78. The van der Waals surface area contributed by atoms with E-state index in [4.69, 9.17) is 5.11 Å². The van der Waals surface area contributed by atoms with Crippen LogP contribution in [0.3, 0.4) is 0 Å². The van der Waals surface area contributed by atoms with E-state index >= 15 is 0 Å². The summed E-state index contributed by atoms with van der Waals surface area (Å²) in [6.07, 6.45) is 0.682.